The Morgan fingerprint density at radius 2 is 1.14 bits per heavy atom. The average molecular weight is 740 g/mol. The van der Waals surface area contributed by atoms with E-state index in [1.54, 1.807) is 0 Å². The van der Waals surface area contributed by atoms with Gasteiger partial charge in [0.25, 0.3) is 0 Å². The van der Waals surface area contributed by atoms with Crippen LogP contribution in [-0.2, 0) is 32.7 Å². The molecule has 0 aliphatic carbocycles. The number of phosphoric acid groups is 1. The van der Waals surface area contributed by atoms with E-state index in [0.29, 0.717) is 13.0 Å². The first kappa shape index (κ1) is 48.7. The van der Waals surface area contributed by atoms with Crippen LogP contribution in [0.25, 0.3) is 0 Å². The molecule has 0 aromatic rings. The van der Waals surface area contributed by atoms with Crippen LogP contribution in [0.3, 0.4) is 0 Å². The van der Waals surface area contributed by atoms with Gasteiger partial charge in [-0.15, -0.1) is 0 Å². The van der Waals surface area contributed by atoms with Gasteiger partial charge in [-0.3, -0.25) is 18.6 Å². The van der Waals surface area contributed by atoms with Crippen molar-refractivity contribution in [3.8, 4) is 0 Å². The van der Waals surface area contributed by atoms with Crippen molar-refractivity contribution in [3.05, 3.63) is 60.8 Å². The molecule has 0 heterocycles. The highest BCUT2D eigenvalue weighted by Crippen LogP contribution is 2.43. The Balaban J connectivity index is 4.41. The van der Waals surface area contributed by atoms with Gasteiger partial charge < -0.3 is 25.2 Å². The molecule has 294 valence electrons. The predicted octanol–water partition coefficient (Wildman–Crippen LogP) is 10.1. The number of hydrogen-bond donors (Lipinski definition) is 3. The number of unbranched alkanes of at least 4 members (excludes halogenated alkanes) is 12. The van der Waals surface area contributed by atoms with Crippen LogP contribution in [0.1, 0.15) is 142 Å². The summed E-state index contributed by atoms with van der Waals surface area (Å²) in [6.45, 7) is 3.66. The van der Waals surface area contributed by atoms with E-state index in [1.807, 2.05) is 0 Å². The Hall–Kier alpha value is -2.33. The van der Waals surface area contributed by atoms with Gasteiger partial charge in [-0.1, -0.05) is 120 Å². The van der Waals surface area contributed by atoms with E-state index in [2.05, 4.69) is 79.1 Å². The van der Waals surface area contributed by atoms with E-state index in [1.165, 1.54) is 51.4 Å². The van der Waals surface area contributed by atoms with E-state index in [4.69, 9.17) is 24.8 Å². The molecule has 10 nitrogen and oxygen atoms in total. The molecule has 0 fully saturated rings. The number of carbonyl (C=O) groups is 2. The van der Waals surface area contributed by atoms with Crippen LogP contribution in [-0.4, -0.2) is 60.5 Å². The zero-order valence-electron chi connectivity index (χ0n) is 31.7. The first-order valence-corrected chi connectivity index (χ1v) is 20.8. The molecule has 0 aliphatic rings. The maximum Gasteiger partial charge on any atom is 0.472 e. The van der Waals surface area contributed by atoms with Crippen molar-refractivity contribution in [1.29, 1.82) is 0 Å². The van der Waals surface area contributed by atoms with Crippen molar-refractivity contribution in [2.75, 3.05) is 26.4 Å². The van der Waals surface area contributed by atoms with Gasteiger partial charge in [-0.05, 0) is 77.0 Å². The summed E-state index contributed by atoms with van der Waals surface area (Å²) in [5.41, 5.74) is 5.33. The van der Waals surface area contributed by atoms with Crippen LogP contribution >= 0.6 is 7.82 Å². The second-order valence-electron chi connectivity index (χ2n) is 12.7. The summed E-state index contributed by atoms with van der Waals surface area (Å²) >= 11 is 0. The number of rotatable bonds is 36. The van der Waals surface area contributed by atoms with Gasteiger partial charge >= 0.3 is 19.8 Å². The molecule has 0 spiro atoms. The molecule has 11 heteroatoms. The zero-order valence-corrected chi connectivity index (χ0v) is 32.6. The summed E-state index contributed by atoms with van der Waals surface area (Å²) in [7, 11) is -4.63. The standard InChI is InChI=1S/C40H70NO9P/c1-3-5-7-9-11-13-15-17-19-20-22-24-26-28-30-32-39(42)50-37(35-48-51(45,46)49-36-38(41)40(43)44)34-47-33-31-29-27-25-23-21-18-16-14-12-10-8-6-4-2/h5,7,11,13-14,16-17,19,22,24,37-38H,3-4,6,8-10,12,15,18,20-21,23,25-36,41H2,1-2H3,(H,43,44)(H,45,46)/b7-5-,13-11-,16-14-,19-17-,24-22-. The number of carboxylic acid groups (broad SMARTS) is 1. The van der Waals surface area contributed by atoms with Crippen molar-refractivity contribution in [2.24, 2.45) is 5.73 Å². The van der Waals surface area contributed by atoms with Crippen molar-refractivity contribution >= 4 is 19.8 Å². The monoisotopic (exact) mass is 739 g/mol. The van der Waals surface area contributed by atoms with E-state index in [0.717, 1.165) is 64.2 Å². The maximum absolute atomic E-state index is 12.6. The van der Waals surface area contributed by atoms with Crippen LogP contribution in [0.15, 0.2) is 60.8 Å². The van der Waals surface area contributed by atoms with Gasteiger partial charge in [0.1, 0.15) is 12.1 Å². The lowest BCUT2D eigenvalue weighted by molar-refractivity contribution is -0.154. The summed E-state index contributed by atoms with van der Waals surface area (Å²) < 4.78 is 33.2. The van der Waals surface area contributed by atoms with Crippen LogP contribution in [0, 0.1) is 0 Å². The number of hydrogen-bond acceptors (Lipinski definition) is 8. The minimum absolute atomic E-state index is 0.00683. The third-order valence-corrected chi connectivity index (χ3v) is 8.73. The number of phosphoric ester groups is 1. The topological polar surface area (TPSA) is 155 Å². The maximum atomic E-state index is 12.6. The van der Waals surface area contributed by atoms with E-state index in [9.17, 15) is 19.0 Å². The molecule has 0 saturated heterocycles. The molecule has 4 N–H and O–H groups in total. The summed E-state index contributed by atoms with van der Waals surface area (Å²) in [6.07, 6.45) is 41.3. The summed E-state index contributed by atoms with van der Waals surface area (Å²) in [5.74, 6) is -1.83. The van der Waals surface area contributed by atoms with Gasteiger partial charge in [0, 0.05) is 13.0 Å². The van der Waals surface area contributed by atoms with Crippen molar-refractivity contribution in [1.82, 2.24) is 0 Å². The quantitative estimate of drug-likeness (QED) is 0.0245. The molecule has 0 aliphatic heterocycles. The Bertz CT molecular complexity index is 1040. The van der Waals surface area contributed by atoms with Crippen molar-refractivity contribution < 1.29 is 42.7 Å². The third-order valence-electron chi connectivity index (χ3n) is 7.78. The number of ether oxygens (including phenoxy) is 2. The zero-order chi connectivity index (χ0) is 37.7. The van der Waals surface area contributed by atoms with Gasteiger partial charge in [0.05, 0.1) is 19.8 Å². The first-order valence-electron chi connectivity index (χ1n) is 19.3. The number of nitrogens with two attached hydrogens (primary N) is 1. The fraction of sp³-hybridized carbons (Fsp3) is 0.700. The van der Waals surface area contributed by atoms with Crippen LogP contribution in [0.4, 0.5) is 0 Å². The SMILES string of the molecule is CC/C=C\C/C=C\C/C=C\C/C=C\CCCCC(=O)OC(COCCCCCCCC/C=C\CCCCCC)COP(=O)(O)OCC(N)C(=O)O. The van der Waals surface area contributed by atoms with E-state index in [-0.39, 0.29) is 13.0 Å². The van der Waals surface area contributed by atoms with Gasteiger partial charge in [-0.25, -0.2) is 4.57 Å². The normalized spacial score (nSPS) is 14.7. The lowest BCUT2D eigenvalue weighted by Gasteiger charge is -2.20. The molecule has 0 bridgehead atoms. The molecule has 3 unspecified atom stereocenters. The van der Waals surface area contributed by atoms with Crippen LogP contribution in [0.5, 0.6) is 0 Å². The Labute approximate surface area is 309 Å². The Kier molecular flexibility index (Phi) is 34.4. The molecular weight excluding hydrogens is 669 g/mol. The Morgan fingerprint density at radius 3 is 1.73 bits per heavy atom. The second kappa shape index (κ2) is 36.0. The van der Waals surface area contributed by atoms with Gasteiger partial charge in [0.15, 0.2) is 0 Å². The number of allylic oxidation sites excluding steroid dienone is 10. The molecular formula is C40H70NO9P. The minimum Gasteiger partial charge on any atom is -0.480 e. The van der Waals surface area contributed by atoms with Crippen molar-refractivity contribution in [3.63, 3.8) is 0 Å². The van der Waals surface area contributed by atoms with E-state index >= 15 is 0 Å². The first-order chi connectivity index (χ1) is 24.7. The number of carboxylic acids is 1. The molecule has 3 atom stereocenters. The fourth-order valence-electron chi connectivity index (χ4n) is 4.76. The predicted molar refractivity (Wildman–Crippen MR) is 207 cm³/mol. The van der Waals surface area contributed by atoms with Gasteiger partial charge in [-0.2, -0.15) is 0 Å². The lowest BCUT2D eigenvalue weighted by Crippen LogP contribution is -2.34. The smallest absolute Gasteiger partial charge is 0.472 e. The molecule has 51 heavy (non-hydrogen) atoms. The van der Waals surface area contributed by atoms with Crippen LogP contribution in [0.2, 0.25) is 0 Å². The third kappa shape index (κ3) is 35.8. The highest BCUT2D eigenvalue weighted by atomic mass is 31.2. The molecule has 0 saturated carbocycles. The number of carbonyl (C=O) groups excluding carboxylic acids is 1. The van der Waals surface area contributed by atoms with Gasteiger partial charge in [0.2, 0.25) is 0 Å². The second-order valence-corrected chi connectivity index (χ2v) is 14.1. The highest BCUT2D eigenvalue weighted by molar-refractivity contribution is 7.47. The summed E-state index contributed by atoms with van der Waals surface area (Å²) in [5, 5.41) is 8.87. The lowest BCUT2D eigenvalue weighted by atomic mass is 10.1. The highest BCUT2D eigenvalue weighted by Gasteiger charge is 2.27. The summed E-state index contributed by atoms with van der Waals surface area (Å²) in [6, 6.07) is -1.48. The molecule has 0 rings (SSSR count). The van der Waals surface area contributed by atoms with Crippen LogP contribution < -0.4 is 5.73 Å². The number of esters is 1. The number of aliphatic carboxylic acids is 1. The molecule has 0 aromatic heterocycles. The van der Waals surface area contributed by atoms with E-state index < -0.39 is 45.1 Å². The summed E-state index contributed by atoms with van der Waals surface area (Å²) in [4.78, 5) is 33.4. The fourth-order valence-corrected chi connectivity index (χ4v) is 5.54. The molecule has 0 aromatic carbocycles. The molecule has 0 radical (unpaired) electrons. The Morgan fingerprint density at radius 1 is 0.647 bits per heavy atom. The molecule has 0 amide bonds. The minimum atomic E-state index is -4.63. The largest absolute Gasteiger partial charge is 0.480 e. The average Bonchev–Trinajstić information content (AvgIpc) is 3.10. The van der Waals surface area contributed by atoms with Crippen molar-refractivity contribution in [2.45, 2.75) is 154 Å².